The third-order valence-electron chi connectivity index (χ3n) is 4.23. The van der Waals surface area contributed by atoms with E-state index in [0.717, 1.165) is 0 Å². The van der Waals surface area contributed by atoms with Crippen LogP contribution in [0.25, 0.3) is 0 Å². The Morgan fingerprint density at radius 1 is 0.786 bits per heavy atom. The van der Waals surface area contributed by atoms with Gasteiger partial charge in [0.25, 0.3) is 0 Å². The molecule has 0 aromatic heterocycles. The van der Waals surface area contributed by atoms with Gasteiger partial charge in [0.2, 0.25) is 24.5 Å². The quantitative estimate of drug-likeness (QED) is 0.689. The number of fused-ring (bicyclic) bond motifs is 1. The van der Waals surface area contributed by atoms with E-state index in [0.29, 0.717) is 28.6 Å². The maximum absolute atomic E-state index is 12.6. The Morgan fingerprint density at radius 3 is 1.89 bits per heavy atom. The van der Waals surface area contributed by atoms with Gasteiger partial charge < -0.3 is 25.4 Å². The van der Waals surface area contributed by atoms with Crippen molar-refractivity contribution in [3.05, 3.63) is 42.5 Å². The van der Waals surface area contributed by atoms with Gasteiger partial charge in [-0.25, -0.2) is 0 Å². The lowest BCUT2D eigenvalue weighted by Gasteiger charge is -2.23. The molecule has 1 heterocycles. The van der Waals surface area contributed by atoms with E-state index in [1.807, 2.05) is 0 Å². The molecular weight excluding hydrogens is 362 g/mol. The zero-order valence-corrected chi connectivity index (χ0v) is 15.8. The summed E-state index contributed by atoms with van der Waals surface area (Å²) in [4.78, 5) is 36.3. The average molecular weight is 383 g/mol. The Kier molecular flexibility index (Phi) is 5.21. The summed E-state index contributed by atoms with van der Waals surface area (Å²) in [5.74, 6) is 0.0480. The molecule has 0 atom stereocenters. The van der Waals surface area contributed by atoms with E-state index >= 15 is 0 Å². The van der Waals surface area contributed by atoms with Crippen molar-refractivity contribution in [3.8, 4) is 11.5 Å². The SMILES string of the molecule is CC(=O)Nc1ccc(NC(=O)C(C)(C)C(=O)Nc2ccc3c(c2)OCO3)cc1. The van der Waals surface area contributed by atoms with Crippen molar-refractivity contribution < 1.29 is 23.9 Å². The minimum absolute atomic E-state index is 0.140. The molecule has 0 unspecified atom stereocenters. The van der Waals surface area contributed by atoms with E-state index in [-0.39, 0.29) is 12.7 Å². The lowest BCUT2D eigenvalue weighted by atomic mass is 9.90. The first-order valence-electron chi connectivity index (χ1n) is 8.66. The second-order valence-electron chi connectivity index (χ2n) is 6.86. The number of carbonyl (C=O) groups is 3. The summed E-state index contributed by atoms with van der Waals surface area (Å²) in [6.45, 7) is 4.63. The van der Waals surface area contributed by atoms with Gasteiger partial charge in [-0.2, -0.15) is 0 Å². The van der Waals surface area contributed by atoms with E-state index in [4.69, 9.17) is 9.47 Å². The molecule has 1 aliphatic heterocycles. The highest BCUT2D eigenvalue weighted by Crippen LogP contribution is 2.34. The lowest BCUT2D eigenvalue weighted by Crippen LogP contribution is -2.41. The normalized spacial score (nSPS) is 12.2. The van der Waals surface area contributed by atoms with E-state index in [1.165, 1.54) is 20.8 Å². The molecule has 0 saturated heterocycles. The molecule has 0 fully saturated rings. The van der Waals surface area contributed by atoms with Gasteiger partial charge in [0.15, 0.2) is 11.5 Å². The number of amides is 3. The van der Waals surface area contributed by atoms with Crippen molar-refractivity contribution in [2.45, 2.75) is 20.8 Å². The maximum atomic E-state index is 12.6. The second kappa shape index (κ2) is 7.59. The zero-order valence-electron chi connectivity index (χ0n) is 15.8. The molecular formula is C20H21N3O5. The van der Waals surface area contributed by atoms with Gasteiger partial charge in [0.1, 0.15) is 5.41 Å². The van der Waals surface area contributed by atoms with E-state index in [2.05, 4.69) is 16.0 Å². The highest BCUT2D eigenvalue weighted by Gasteiger charge is 2.36. The molecule has 146 valence electrons. The predicted molar refractivity (Wildman–Crippen MR) is 104 cm³/mol. The summed E-state index contributed by atoms with van der Waals surface area (Å²) in [7, 11) is 0. The zero-order chi connectivity index (χ0) is 20.3. The molecule has 3 amide bonds. The van der Waals surface area contributed by atoms with Gasteiger partial charge in [0.05, 0.1) is 0 Å². The minimum atomic E-state index is -1.33. The van der Waals surface area contributed by atoms with Gasteiger partial charge in [-0.3, -0.25) is 14.4 Å². The van der Waals surface area contributed by atoms with E-state index in [1.54, 1.807) is 42.5 Å². The van der Waals surface area contributed by atoms with Crippen LogP contribution in [0.15, 0.2) is 42.5 Å². The minimum Gasteiger partial charge on any atom is -0.454 e. The Morgan fingerprint density at radius 2 is 1.29 bits per heavy atom. The number of benzene rings is 2. The molecule has 3 N–H and O–H groups in total. The molecule has 0 radical (unpaired) electrons. The Balaban J connectivity index is 1.64. The molecule has 3 rings (SSSR count). The summed E-state index contributed by atoms with van der Waals surface area (Å²) >= 11 is 0. The van der Waals surface area contributed by atoms with Crippen LogP contribution < -0.4 is 25.4 Å². The second-order valence-corrected chi connectivity index (χ2v) is 6.86. The van der Waals surface area contributed by atoms with Crippen LogP contribution in [-0.2, 0) is 14.4 Å². The molecule has 0 bridgehead atoms. The smallest absolute Gasteiger partial charge is 0.239 e. The Bertz CT molecular complexity index is 922. The third-order valence-corrected chi connectivity index (χ3v) is 4.23. The first kappa shape index (κ1) is 19.2. The van der Waals surface area contributed by atoms with Crippen LogP contribution in [0.5, 0.6) is 11.5 Å². The van der Waals surface area contributed by atoms with Gasteiger partial charge in [-0.15, -0.1) is 0 Å². The summed E-state index contributed by atoms with van der Waals surface area (Å²) in [5, 5.41) is 8.08. The molecule has 8 heteroatoms. The molecule has 1 aliphatic rings. The van der Waals surface area contributed by atoms with Crippen LogP contribution in [0.2, 0.25) is 0 Å². The molecule has 0 aliphatic carbocycles. The Labute approximate surface area is 162 Å². The van der Waals surface area contributed by atoms with Crippen molar-refractivity contribution in [1.29, 1.82) is 0 Å². The average Bonchev–Trinajstić information content (AvgIpc) is 3.10. The van der Waals surface area contributed by atoms with Crippen LogP contribution in [-0.4, -0.2) is 24.5 Å². The number of ether oxygens (including phenoxy) is 2. The number of rotatable bonds is 5. The van der Waals surface area contributed by atoms with E-state index in [9.17, 15) is 14.4 Å². The van der Waals surface area contributed by atoms with Crippen molar-refractivity contribution in [2.75, 3.05) is 22.7 Å². The van der Waals surface area contributed by atoms with Crippen molar-refractivity contribution in [3.63, 3.8) is 0 Å². The third kappa shape index (κ3) is 4.22. The molecule has 0 saturated carbocycles. The van der Waals surface area contributed by atoms with Crippen LogP contribution in [0, 0.1) is 5.41 Å². The topological polar surface area (TPSA) is 106 Å². The van der Waals surface area contributed by atoms with Crippen molar-refractivity contribution >= 4 is 34.8 Å². The summed E-state index contributed by atoms with van der Waals surface area (Å²) in [6.07, 6.45) is 0. The molecule has 2 aromatic carbocycles. The fraction of sp³-hybridized carbons (Fsp3) is 0.250. The van der Waals surface area contributed by atoms with Gasteiger partial charge in [-0.05, 0) is 50.2 Å². The lowest BCUT2D eigenvalue weighted by molar-refractivity contribution is -0.135. The molecule has 0 spiro atoms. The summed E-state index contributed by atoms with van der Waals surface area (Å²) in [6, 6.07) is 11.6. The standard InChI is InChI=1S/C20H21N3O5/c1-12(24)21-13-4-6-14(7-5-13)22-18(25)20(2,3)19(26)23-15-8-9-16-17(10-15)28-11-27-16/h4-10H,11H2,1-3H3,(H,21,24)(H,22,25)(H,23,26). The number of carbonyl (C=O) groups excluding carboxylic acids is 3. The molecule has 8 nitrogen and oxygen atoms in total. The van der Waals surface area contributed by atoms with Crippen LogP contribution >= 0.6 is 0 Å². The van der Waals surface area contributed by atoms with Gasteiger partial charge in [0, 0.05) is 30.1 Å². The van der Waals surface area contributed by atoms with Crippen LogP contribution in [0.1, 0.15) is 20.8 Å². The predicted octanol–water partition coefficient (Wildman–Crippen LogP) is 2.98. The summed E-state index contributed by atoms with van der Waals surface area (Å²) < 4.78 is 10.5. The first-order valence-corrected chi connectivity index (χ1v) is 8.66. The van der Waals surface area contributed by atoms with Gasteiger partial charge in [-0.1, -0.05) is 0 Å². The number of nitrogens with one attached hydrogen (secondary N) is 3. The first-order chi connectivity index (χ1) is 13.3. The van der Waals surface area contributed by atoms with Crippen LogP contribution in [0.3, 0.4) is 0 Å². The Hall–Kier alpha value is -3.55. The fourth-order valence-electron chi connectivity index (χ4n) is 2.49. The monoisotopic (exact) mass is 383 g/mol. The fourth-order valence-corrected chi connectivity index (χ4v) is 2.49. The number of anilines is 3. The number of hydrogen-bond acceptors (Lipinski definition) is 5. The highest BCUT2D eigenvalue weighted by molar-refractivity contribution is 6.14. The van der Waals surface area contributed by atoms with E-state index < -0.39 is 17.2 Å². The number of hydrogen-bond donors (Lipinski definition) is 3. The largest absolute Gasteiger partial charge is 0.454 e. The van der Waals surface area contributed by atoms with Crippen molar-refractivity contribution in [2.24, 2.45) is 5.41 Å². The molecule has 2 aromatic rings. The van der Waals surface area contributed by atoms with Crippen molar-refractivity contribution in [1.82, 2.24) is 0 Å². The summed E-state index contributed by atoms with van der Waals surface area (Å²) in [5.41, 5.74) is 0.315. The van der Waals surface area contributed by atoms with Gasteiger partial charge >= 0.3 is 0 Å². The molecule has 28 heavy (non-hydrogen) atoms. The maximum Gasteiger partial charge on any atom is 0.239 e. The highest BCUT2D eigenvalue weighted by atomic mass is 16.7. The van der Waals surface area contributed by atoms with Crippen LogP contribution in [0.4, 0.5) is 17.1 Å².